The maximum atomic E-state index is 9.68. The Labute approximate surface area is 298 Å². The molecule has 6 aromatic carbocycles. The van der Waals surface area contributed by atoms with Crippen molar-refractivity contribution in [1.82, 2.24) is 19.5 Å². The molecule has 0 unspecified atom stereocenters. The molecule has 9 rings (SSSR count). The molecule has 226 valence electrons. The molecule has 0 atom stereocenters. The molecule has 0 saturated carbocycles. The van der Waals surface area contributed by atoms with E-state index in [4.69, 9.17) is 18.1 Å². The molecule has 0 aliphatic rings. The largest absolute Gasteiger partial charge is 0.456 e. The Kier molecular flexibility index (Phi) is 3.63. The first-order chi connectivity index (χ1) is 30.4. The summed E-state index contributed by atoms with van der Waals surface area (Å²) in [5.74, 6) is 0.0397. The Balaban J connectivity index is 1.48. The van der Waals surface area contributed by atoms with Crippen molar-refractivity contribution >= 4 is 60.1 Å². The van der Waals surface area contributed by atoms with Gasteiger partial charge in [-0.25, -0.2) is 15.0 Å². The van der Waals surface area contributed by atoms with Gasteiger partial charge in [-0.1, -0.05) is 116 Å². The molecule has 0 aliphatic heterocycles. The highest BCUT2D eigenvalue weighted by molar-refractivity contribution is 6.15. The lowest BCUT2D eigenvalue weighted by atomic mass is 10.0. The van der Waals surface area contributed by atoms with Crippen LogP contribution in [0.15, 0.2) is 163 Å². The second-order valence-corrected chi connectivity index (χ2v) is 10.5. The van der Waals surface area contributed by atoms with Crippen molar-refractivity contribution in [2.75, 3.05) is 0 Å². The summed E-state index contributed by atoms with van der Waals surface area (Å²) in [6.07, 6.45) is 4.56. The molecule has 0 saturated heterocycles. The Morgan fingerprint density at radius 2 is 1.48 bits per heavy atom. The van der Waals surface area contributed by atoms with Crippen molar-refractivity contribution in [3.05, 3.63) is 164 Å². The van der Waals surface area contributed by atoms with Gasteiger partial charge >= 0.3 is 0 Å². The lowest BCUT2D eigenvalue weighted by Gasteiger charge is -2.10. The number of nitrogens with zero attached hydrogens (tertiary/aromatic N) is 4. The second kappa shape index (κ2) is 11.0. The van der Waals surface area contributed by atoms with Crippen LogP contribution in [-0.4, -0.2) is 19.5 Å². The van der Waals surface area contributed by atoms with Gasteiger partial charge in [-0.2, -0.15) is 0 Å². The van der Waals surface area contributed by atoms with E-state index >= 15 is 0 Å². The molecule has 0 spiro atoms. The molecule has 0 amide bonds. The zero-order chi connectivity index (χ0) is 46.1. The van der Waals surface area contributed by atoms with Crippen molar-refractivity contribution in [1.29, 1.82) is 0 Å². The zero-order valence-electron chi connectivity index (χ0n) is 40.7. The van der Waals surface area contributed by atoms with E-state index in [1.54, 1.807) is 36.4 Å². The monoisotopic (exact) mass is 632 g/mol. The fourth-order valence-corrected chi connectivity index (χ4v) is 5.62. The number of para-hydroxylation sites is 1. The Morgan fingerprint density at radius 3 is 2.31 bits per heavy atom. The standard InChI is InChI=1S/C43H28N4O/c1-3-13-27(4-2)41-44-42(28-14-6-5-7-15-28)46-43(45-41)34-19-12-21-38-40(34)33-23-22-31(26-39(33)48-38)47-36-20-11-10-18-32(36)35-24-29-16-8-9-17-30(29)25-37(35)47/h3-26H,1-2H2/b27-13+/i8D,9D,10D,11D,12D,16D,17D,18D,19D,20D,21D,22D,23D,24D,25D,26D. The molecule has 5 nitrogen and oxygen atoms in total. The number of furan rings is 1. The first kappa shape index (κ1) is 15.8. The highest BCUT2D eigenvalue weighted by Crippen LogP contribution is 2.39. The van der Waals surface area contributed by atoms with Gasteiger partial charge in [-0.05, 0) is 47.0 Å². The van der Waals surface area contributed by atoms with Gasteiger partial charge in [-0.3, -0.25) is 0 Å². The van der Waals surface area contributed by atoms with Crippen molar-refractivity contribution in [3.63, 3.8) is 0 Å². The van der Waals surface area contributed by atoms with E-state index in [2.05, 4.69) is 28.1 Å². The minimum absolute atomic E-state index is 0.0876. The molecule has 5 heteroatoms. The minimum atomic E-state index is -0.768. The van der Waals surface area contributed by atoms with E-state index in [1.807, 2.05) is 0 Å². The number of hydrogen-bond acceptors (Lipinski definition) is 4. The highest BCUT2D eigenvalue weighted by Gasteiger charge is 2.19. The molecule has 3 heterocycles. The third-order valence-electron chi connectivity index (χ3n) is 7.73. The van der Waals surface area contributed by atoms with Gasteiger partial charge in [-0.15, -0.1) is 0 Å². The summed E-state index contributed by atoms with van der Waals surface area (Å²) in [4.78, 5) is 14.0. The maximum Gasteiger partial charge on any atom is 0.164 e. The minimum Gasteiger partial charge on any atom is -0.456 e. The van der Waals surface area contributed by atoms with Crippen LogP contribution in [0.1, 0.15) is 27.8 Å². The predicted molar refractivity (Wildman–Crippen MR) is 198 cm³/mol. The second-order valence-electron chi connectivity index (χ2n) is 10.5. The van der Waals surface area contributed by atoms with E-state index < -0.39 is 130 Å². The molecule has 48 heavy (non-hydrogen) atoms. The topological polar surface area (TPSA) is 56.7 Å². The number of fused-ring (bicyclic) bond motifs is 7. The summed E-state index contributed by atoms with van der Waals surface area (Å²) in [7, 11) is 0. The summed E-state index contributed by atoms with van der Waals surface area (Å²) in [5.41, 5.74) is -1.49. The molecular formula is C43H28N4O. The van der Waals surface area contributed by atoms with Crippen LogP contribution in [0.3, 0.4) is 0 Å². The summed E-state index contributed by atoms with van der Waals surface area (Å²) >= 11 is 0. The maximum absolute atomic E-state index is 9.68. The Morgan fingerprint density at radius 1 is 0.688 bits per heavy atom. The van der Waals surface area contributed by atoms with Gasteiger partial charge < -0.3 is 8.98 Å². The number of rotatable bonds is 6. The van der Waals surface area contributed by atoms with Crippen LogP contribution in [0.25, 0.3) is 88.6 Å². The molecule has 0 aliphatic carbocycles. The van der Waals surface area contributed by atoms with E-state index in [1.165, 1.54) is 12.2 Å². The number of aromatic nitrogens is 4. The Hall–Kier alpha value is -6.59. The van der Waals surface area contributed by atoms with Crippen LogP contribution >= 0.6 is 0 Å². The SMILES string of the molecule is [2H]c1c([2H])c(-c2nc(/C(C=C)=C/C=C)nc(-c3ccccc3)n2)c2c(oc3c([2H])c(-n4c5c([2H])c([2H])c([2H])c([2H])c5c5c([2H])c6c([2H])c([2H])c([2H])c([2H])c6c([2H])c54)c([2H])c([2H])c32)c1[2H]. The zero-order valence-corrected chi connectivity index (χ0v) is 24.7. The average molecular weight is 633 g/mol. The van der Waals surface area contributed by atoms with Crippen molar-refractivity contribution in [2.45, 2.75) is 0 Å². The van der Waals surface area contributed by atoms with E-state index in [0.29, 0.717) is 11.1 Å². The van der Waals surface area contributed by atoms with Crippen LogP contribution in [0, 0.1) is 0 Å². The van der Waals surface area contributed by atoms with E-state index in [0.717, 1.165) is 4.57 Å². The first-order valence-electron chi connectivity index (χ1n) is 22.6. The highest BCUT2D eigenvalue weighted by atomic mass is 16.3. The van der Waals surface area contributed by atoms with Gasteiger partial charge in [0.05, 0.1) is 33.0 Å². The fraction of sp³-hybridized carbons (Fsp3) is 0. The average Bonchev–Trinajstić information content (AvgIpc) is 3.86. The lowest BCUT2D eigenvalue weighted by molar-refractivity contribution is 0.668. The number of hydrogen-bond donors (Lipinski definition) is 0. The van der Waals surface area contributed by atoms with Gasteiger partial charge in [0.25, 0.3) is 0 Å². The third-order valence-corrected chi connectivity index (χ3v) is 7.73. The summed E-state index contributed by atoms with van der Waals surface area (Å²) < 4.78 is 151. The molecule has 9 aromatic rings. The summed E-state index contributed by atoms with van der Waals surface area (Å²) in [6, 6.07) is -2.09. The van der Waals surface area contributed by atoms with E-state index in [-0.39, 0.29) is 50.2 Å². The smallest absolute Gasteiger partial charge is 0.164 e. The normalized spacial score (nSPS) is 16.7. The number of benzene rings is 6. The lowest BCUT2D eigenvalue weighted by Crippen LogP contribution is -2.02. The third kappa shape index (κ3) is 4.37. The molecule has 3 aromatic heterocycles. The molecule has 0 fully saturated rings. The fourth-order valence-electron chi connectivity index (χ4n) is 5.62. The van der Waals surface area contributed by atoms with Crippen LogP contribution in [0.4, 0.5) is 0 Å². The summed E-state index contributed by atoms with van der Waals surface area (Å²) in [5, 5.41) is -1.94. The van der Waals surface area contributed by atoms with E-state index in [9.17, 15) is 8.22 Å². The van der Waals surface area contributed by atoms with Crippen LogP contribution < -0.4 is 0 Å². The number of allylic oxidation sites excluding steroid dienone is 4. The van der Waals surface area contributed by atoms with Gasteiger partial charge in [0.2, 0.25) is 0 Å². The van der Waals surface area contributed by atoms with Crippen molar-refractivity contribution < 1.29 is 26.3 Å². The van der Waals surface area contributed by atoms with Crippen molar-refractivity contribution in [3.8, 4) is 28.5 Å². The molecule has 0 bridgehead atoms. The van der Waals surface area contributed by atoms with Crippen LogP contribution in [0.5, 0.6) is 0 Å². The molecule has 0 radical (unpaired) electrons. The van der Waals surface area contributed by atoms with Gasteiger partial charge in [0.1, 0.15) is 11.2 Å². The molecule has 0 N–H and O–H groups in total. The van der Waals surface area contributed by atoms with Crippen LogP contribution in [0.2, 0.25) is 0 Å². The Bertz CT molecular complexity index is 3670. The predicted octanol–water partition coefficient (Wildman–Crippen LogP) is 11.1. The quantitative estimate of drug-likeness (QED) is 0.171. The first-order valence-corrected chi connectivity index (χ1v) is 14.6. The summed E-state index contributed by atoms with van der Waals surface area (Å²) in [6.45, 7) is 7.60. The van der Waals surface area contributed by atoms with Gasteiger partial charge in [0, 0.05) is 50.0 Å². The molecular weight excluding hydrogens is 589 g/mol. The van der Waals surface area contributed by atoms with Crippen molar-refractivity contribution in [2.24, 2.45) is 0 Å². The van der Waals surface area contributed by atoms with Gasteiger partial charge in [0.15, 0.2) is 17.5 Å². The van der Waals surface area contributed by atoms with Crippen LogP contribution in [-0.2, 0) is 0 Å².